The number of nitrogens with one attached hydrogen (secondary N) is 2. The van der Waals surface area contributed by atoms with Gasteiger partial charge in [0.1, 0.15) is 24.9 Å². The number of nitrogens with zero attached hydrogens (tertiary/aromatic N) is 1. The summed E-state index contributed by atoms with van der Waals surface area (Å²) in [7, 11) is 0. The van der Waals surface area contributed by atoms with Crippen LogP contribution in [-0.2, 0) is 9.59 Å². The Morgan fingerprint density at radius 3 is 2.75 bits per heavy atom. The third-order valence-corrected chi connectivity index (χ3v) is 3.71. The maximum atomic E-state index is 12.1. The van der Waals surface area contributed by atoms with Gasteiger partial charge in [0.25, 0.3) is 5.91 Å². The highest BCUT2D eigenvalue weighted by atomic mass is 16.5. The van der Waals surface area contributed by atoms with Crippen molar-refractivity contribution in [3.8, 4) is 5.75 Å². The average molecular weight is 333 g/mol. The quantitative estimate of drug-likeness (QED) is 0.577. The Bertz CT molecular complexity index is 630. The van der Waals surface area contributed by atoms with Crippen LogP contribution < -0.4 is 15.4 Å². The van der Waals surface area contributed by atoms with Crippen molar-refractivity contribution in [1.29, 1.82) is 0 Å². The number of urea groups is 1. The van der Waals surface area contributed by atoms with Crippen LogP contribution in [0.1, 0.15) is 19.4 Å². The van der Waals surface area contributed by atoms with Crippen molar-refractivity contribution >= 4 is 17.8 Å². The van der Waals surface area contributed by atoms with Gasteiger partial charge in [-0.2, -0.15) is 0 Å². The Balaban J connectivity index is 1.73. The van der Waals surface area contributed by atoms with E-state index in [2.05, 4.69) is 10.6 Å². The van der Waals surface area contributed by atoms with Crippen LogP contribution in [0.25, 0.3) is 0 Å². The van der Waals surface area contributed by atoms with Gasteiger partial charge in [0.2, 0.25) is 5.91 Å². The zero-order valence-electron chi connectivity index (χ0n) is 14.2. The molecule has 1 aliphatic rings. The number of imide groups is 1. The van der Waals surface area contributed by atoms with Crippen LogP contribution in [0, 0.1) is 12.8 Å². The molecule has 0 aromatic heterocycles. The molecular weight excluding hydrogens is 310 g/mol. The van der Waals surface area contributed by atoms with Gasteiger partial charge in [0, 0.05) is 0 Å². The Hall–Kier alpha value is -2.57. The van der Waals surface area contributed by atoms with E-state index in [0.29, 0.717) is 13.2 Å². The fraction of sp³-hybridized carbons (Fsp3) is 0.471. The van der Waals surface area contributed by atoms with Crippen LogP contribution in [0.15, 0.2) is 24.3 Å². The molecule has 7 nitrogen and oxygen atoms in total. The molecule has 2 rings (SSSR count). The summed E-state index contributed by atoms with van der Waals surface area (Å²) in [5.74, 6) is -0.0349. The predicted octanol–water partition coefficient (Wildman–Crippen LogP) is 1.07. The summed E-state index contributed by atoms with van der Waals surface area (Å²) in [5, 5.41) is 5.23. The summed E-state index contributed by atoms with van der Waals surface area (Å²) in [5.41, 5.74) is 1.09. The largest absolute Gasteiger partial charge is 0.492 e. The molecule has 24 heavy (non-hydrogen) atoms. The highest BCUT2D eigenvalue weighted by Gasteiger charge is 2.40. The molecule has 0 saturated carbocycles. The minimum absolute atomic E-state index is 0.0164. The van der Waals surface area contributed by atoms with Crippen molar-refractivity contribution in [2.75, 3.05) is 19.7 Å². The first-order chi connectivity index (χ1) is 11.4. The van der Waals surface area contributed by atoms with Gasteiger partial charge in [0.05, 0.1) is 6.54 Å². The number of ether oxygens (including phenoxy) is 1. The molecule has 1 aromatic rings. The van der Waals surface area contributed by atoms with Gasteiger partial charge in [-0.15, -0.1) is 0 Å². The first kappa shape index (κ1) is 17.8. The van der Waals surface area contributed by atoms with Gasteiger partial charge in [-0.05, 0) is 30.5 Å². The summed E-state index contributed by atoms with van der Waals surface area (Å²) in [6, 6.07) is 6.53. The van der Waals surface area contributed by atoms with Crippen LogP contribution in [0.3, 0.4) is 0 Å². The van der Waals surface area contributed by atoms with E-state index in [4.69, 9.17) is 4.74 Å². The van der Waals surface area contributed by atoms with Crippen molar-refractivity contribution in [2.24, 2.45) is 5.92 Å². The fourth-order valence-electron chi connectivity index (χ4n) is 2.41. The molecule has 1 atom stereocenters. The molecule has 1 aromatic carbocycles. The summed E-state index contributed by atoms with van der Waals surface area (Å²) in [6.45, 7) is 5.98. The Labute approximate surface area is 141 Å². The Morgan fingerprint density at radius 2 is 2.12 bits per heavy atom. The maximum absolute atomic E-state index is 12.1. The second kappa shape index (κ2) is 7.81. The van der Waals surface area contributed by atoms with E-state index < -0.39 is 18.0 Å². The van der Waals surface area contributed by atoms with Crippen molar-refractivity contribution in [3.05, 3.63) is 29.8 Å². The second-order valence-electron chi connectivity index (χ2n) is 6.11. The van der Waals surface area contributed by atoms with Gasteiger partial charge in [-0.3, -0.25) is 14.5 Å². The maximum Gasteiger partial charge on any atom is 0.325 e. The van der Waals surface area contributed by atoms with Crippen molar-refractivity contribution < 1.29 is 19.1 Å². The average Bonchev–Trinajstić information content (AvgIpc) is 2.80. The molecule has 1 fully saturated rings. The Morgan fingerprint density at radius 1 is 1.38 bits per heavy atom. The van der Waals surface area contributed by atoms with E-state index >= 15 is 0 Å². The SMILES string of the molecule is Cc1cccc(OCCNC(=O)CN2C(=O)NC(C(C)C)C2=O)c1. The fourth-order valence-corrected chi connectivity index (χ4v) is 2.41. The first-order valence-corrected chi connectivity index (χ1v) is 7.96. The van der Waals surface area contributed by atoms with E-state index in [1.807, 2.05) is 45.0 Å². The lowest BCUT2D eigenvalue weighted by Gasteiger charge is -2.14. The molecule has 1 saturated heterocycles. The molecule has 0 aliphatic carbocycles. The summed E-state index contributed by atoms with van der Waals surface area (Å²) >= 11 is 0. The molecule has 130 valence electrons. The molecule has 4 amide bonds. The van der Waals surface area contributed by atoms with Crippen molar-refractivity contribution in [3.63, 3.8) is 0 Å². The van der Waals surface area contributed by atoms with Crippen LogP contribution in [0.5, 0.6) is 5.75 Å². The van der Waals surface area contributed by atoms with E-state index in [0.717, 1.165) is 16.2 Å². The predicted molar refractivity (Wildman–Crippen MR) is 88.6 cm³/mol. The number of carbonyl (C=O) groups is 3. The van der Waals surface area contributed by atoms with Gasteiger partial charge in [0.15, 0.2) is 0 Å². The molecule has 0 radical (unpaired) electrons. The number of carbonyl (C=O) groups excluding carboxylic acids is 3. The molecule has 0 spiro atoms. The number of amides is 4. The summed E-state index contributed by atoms with van der Waals surface area (Å²) < 4.78 is 5.52. The van der Waals surface area contributed by atoms with Gasteiger partial charge >= 0.3 is 6.03 Å². The molecule has 7 heteroatoms. The number of rotatable bonds is 7. The number of hydrogen-bond donors (Lipinski definition) is 2. The van der Waals surface area contributed by atoms with Gasteiger partial charge < -0.3 is 15.4 Å². The molecule has 1 aliphatic heterocycles. The summed E-state index contributed by atoms with van der Waals surface area (Å²) in [6.07, 6.45) is 0. The lowest BCUT2D eigenvalue weighted by atomic mass is 10.1. The third kappa shape index (κ3) is 4.47. The van der Waals surface area contributed by atoms with E-state index in [1.54, 1.807) is 0 Å². The van der Waals surface area contributed by atoms with Crippen LogP contribution in [-0.4, -0.2) is 48.5 Å². The monoisotopic (exact) mass is 333 g/mol. The smallest absolute Gasteiger partial charge is 0.325 e. The first-order valence-electron chi connectivity index (χ1n) is 7.96. The minimum atomic E-state index is -0.560. The summed E-state index contributed by atoms with van der Waals surface area (Å²) in [4.78, 5) is 36.7. The zero-order chi connectivity index (χ0) is 17.7. The van der Waals surface area contributed by atoms with Crippen LogP contribution in [0.2, 0.25) is 0 Å². The second-order valence-corrected chi connectivity index (χ2v) is 6.11. The molecule has 2 N–H and O–H groups in total. The molecule has 1 unspecified atom stereocenters. The number of aryl methyl sites for hydroxylation is 1. The molecule has 1 heterocycles. The highest BCUT2D eigenvalue weighted by molar-refractivity contribution is 6.06. The van der Waals surface area contributed by atoms with Crippen LogP contribution in [0.4, 0.5) is 4.79 Å². The highest BCUT2D eigenvalue weighted by Crippen LogP contribution is 2.13. The standard InChI is InChI=1S/C17H23N3O4/c1-11(2)15-16(22)20(17(23)19-15)10-14(21)18-7-8-24-13-6-4-5-12(3)9-13/h4-6,9,11,15H,7-8,10H2,1-3H3,(H,18,21)(H,19,23). The third-order valence-electron chi connectivity index (χ3n) is 3.71. The molecule has 0 bridgehead atoms. The van der Waals surface area contributed by atoms with E-state index in [1.165, 1.54) is 0 Å². The van der Waals surface area contributed by atoms with Crippen molar-refractivity contribution in [1.82, 2.24) is 15.5 Å². The number of benzene rings is 1. The molecular formula is C17H23N3O4. The van der Waals surface area contributed by atoms with Gasteiger partial charge in [-0.1, -0.05) is 26.0 Å². The normalized spacial score (nSPS) is 17.2. The lowest BCUT2D eigenvalue weighted by molar-refractivity contribution is -0.132. The van der Waals surface area contributed by atoms with Crippen molar-refractivity contribution in [2.45, 2.75) is 26.8 Å². The Kier molecular flexibility index (Phi) is 5.78. The van der Waals surface area contributed by atoms with E-state index in [9.17, 15) is 14.4 Å². The van der Waals surface area contributed by atoms with E-state index in [-0.39, 0.29) is 18.4 Å². The minimum Gasteiger partial charge on any atom is -0.492 e. The topological polar surface area (TPSA) is 87.7 Å². The zero-order valence-corrected chi connectivity index (χ0v) is 14.2. The lowest BCUT2D eigenvalue weighted by Crippen LogP contribution is -2.42. The number of hydrogen-bond acceptors (Lipinski definition) is 4. The van der Waals surface area contributed by atoms with Gasteiger partial charge in [-0.25, -0.2) is 4.79 Å². The van der Waals surface area contributed by atoms with Crippen LogP contribution >= 0.6 is 0 Å².